The number of imide groups is 1. The number of non-ortho nitro benzene ring substituents is 1. The first-order chi connectivity index (χ1) is 15.9. The molecule has 0 aliphatic carbocycles. The van der Waals surface area contributed by atoms with Crippen molar-refractivity contribution < 1.29 is 19.2 Å². The molecule has 0 N–H and O–H groups in total. The first-order valence-electron chi connectivity index (χ1n) is 9.85. The summed E-state index contributed by atoms with van der Waals surface area (Å²) in [6.45, 7) is 0.457. The van der Waals surface area contributed by atoms with Crippen molar-refractivity contribution in [1.29, 1.82) is 0 Å². The second kappa shape index (κ2) is 10.0. The van der Waals surface area contributed by atoms with E-state index < -0.39 is 4.92 Å². The Morgan fingerprint density at radius 1 is 1.00 bits per heavy atom. The van der Waals surface area contributed by atoms with Crippen LogP contribution in [0.15, 0.2) is 82.2 Å². The zero-order valence-electron chi connectivity index (χ0n) is 17.1. The van der Waals surface area contributed by atoms with Crippen LogP contribution >= 0.6 is 27.7 Å². The summed E-state index contributed by atoms with van der Waals surface area (Å²) < 4.78 is 6.71. The van der Waals surface area contributed by atoms with Crippen LogP contribution in [0, 0.1) is 10.1 Å². The number of benzene rings is 3. The SMILES string of the molecule is O=C1S/C(=C\c2cccc(OCc3ccc([N+](=O)[O-])cc3)c2)C(=O)N1Cc1ccc(Br)cc1. The zero-order chi connectivity index (χ0) is 23.4. The number of hydrogen-bond acceptors (Lipinski definition) is 6. The summed E-state index contributed by atoms with van der Waals surface area (Å²) in [5.41, 5.74) is 2.41. The molecular formula is C24H17BrN2O5S. The number of amides is 2. The minimum Gasteiger partial charge on any atom is -0.489 e. The lowest BCUT2D eigenvalue weighted by molar-refractivity contribution is -0.384. The topological polar surface area (TPSA) is 89.7 Å². The second-order valence-electron chi connectivity index (χ2n) is 7.18. The summed E-state index contributed by atoms with van der Waals surface area (Å²) in [4.78, 5) is 37.1. The predicted octanol–water partition coefficient (Wildman–Crippen LogP) is 6.17. The maximum Gasteiger partial charge on any atom is 0.293 e. The van der Waals surface area contributed by atoms with Crippen LogP contribution in [0.1, 0.15) is 16.7 Å². The Bertz CT molecular complexity index is 1240. The first-order valence-corrected chi connectivity index (χ1v) is 11.5. The van der Waals surface area contributed by atoms with Crippen LogP contribution in [0.4, 0.5) is 10.5 Å². The number of halogens is 1. The van der Waals surface area contributed by atoms with Gasteiger partial charge in [0, 0.05) is 16.6 Å². The van der Waals surface area contributed by atoms with Gasteiger partial charge < -0.3 is 4.74 Å². The fraction of sp³-hybridized carbons (Fsp3) is 0.0833. The molecular weight excluding hydrogens is 508 g/mol. The Morgan fingerprint density at radius 2 is 1.70 bits per heavy atom. The molecule has 1 aliphatic heterocycles. The Hall–Kier alpha value is -3.43. The van der Waals surface area contributed by atoms with Crippen molar-refractivity contribution in [2.24, 2.45) is 0 Å². The standard InChI is InChI=1S/C24H17BrN2O5S/c25-19-8-4-16(5-9-19)14-26-23(28)22(33-24(26)29)13-18-2-1-3-21(12-18)32-15-17-6-10-20(11-7-17)27(30)31/h1-13H,14-15H2/b22-13-. The molecule has 4 rings (SSSR count). The van der Waals surface area contributed by atoms with Crippen LogP contribution in [0.5, 0.6) is 5.75 Å². The lowest BCUT2D eigenvalue weighted by Gasteiger charge is -2.12. The molecule has 0 bridgehead atoms. The van der Waals surface area contributed by atoms with Gasteiger partial charge in [0.05, 0.1) is 16.4 Å². The molecule has 1 heterocycles. The number of carbonyl (C=O) groups excluding carboxylic acids is 2. The van der Waals surface area contributed by atoms with Crippen LogP contribution in [0.3, 0.4) is 0 Å². The largest absolute Gasteiger partial charge is 0.489 e. The summed E-state index contributed by atoms with van der Waals surface area (Å²) in [6, 6.07) is 20.8. The van der Waals surface area contributed by atoms with E-state index >= 15 is 0 Å². The molecule has 2 amide bonds. The normalized spacial score (nSPS) is 14.7. The molecule has 1 aliphatic rings. The van der Waals surface area contributed by atoms with Gasteiger partial charge >= 0.3 is 0 Å². The molecule has 166 valence electrons. The Labute approximate surface area is 202 Å². The second-order valence-corrected chi connectivity index (χ2v) is 9.09. The monoisotopic (exact) mass is 524 g/mol. The summed E-state index contributed by atoms with van der Waals surface area (Å²) in [7, 11) is 0. The van der Waals surface area contributed by atoms with Gasteiger partial charge in [0.1, 0.15) is 12.4 Å². The van der Waals surface area contributed by atoms with Crippen LogP contribution in [0.2, 0.25) is 0 Å². The lowest BCUT2D eigenvalue weighted by Crippen LogP contribution is -2.27. The summed E-state index contributed by atoms with van der Waals surface area (Å²) in [5, 5.41) is 10.5. The van der Waals surface area contributed by atoms with Crippen molar-refractivity contribution in [2.45, 2.75) is 13.2 Å². The van der Waals surface area contributed by atoms with E-state index in [2.05, 4.69) is 15.9 Å². The lowest BCUT2D eigenvalue weighted by atomic mass is 10.2. The first kappa shape index (κ1) is 22.8. The Balaban J connectivity index is 1.43. The van der Waals surface area contributed by atoms with Gasteiger partial charge in [-0.25, -0.2) is 0 Å². The highest BCUT2D eigenvalue weighted by molar-refractivity contribution is 9.10. The van der Waals surface area contributed by atoms with Crippen LogP contribution in [0.25, 0.3) is 6.08 Å². The van der Waals surface area contributed by atoms with Crippen molar-refractivity contribution in [3.63, 3.8) is 0 Å². The average Bonchev–Trinajstić information content (AvgIpc) is 3.07. The molecule has 1 fully saturated rings. The van der Waals surface area contributed by atoms with Crippen LogP contribution in [-0.4, -0.2) is 21.0 Å². The van der Waals surface area contributed by atoms with Gasteiger partial charge in [0.25, 0.3) is 16.8 Å². The number of ether oxygens (including phenoxy) is 1. The molecule has 0 radical (unpaired) electrons. The predicted molar refractivity (Wildman–Crippen MR) is 130 cm³/mol. The molecule has 3 aromatic rings. The third-order valence-electron chi connectivity index (χ3n) is 4.84. The van der Waals surface area contributed by atoms with E-state index in [-0.39, 0.29) is 30.0 Å². The third-order valence-corrected chi connectivity index (χ3v) is 6.27. The van der Waals surface area contributed by atoms with Gasteiger partial charge in [-0.1, -0.05) is 40.2 Å². The maximum absolute atomic E-state index is 12.8. The molecule has 0 saturated carbocycles. The highest BCUT2D eigenvalue weighted by Gasteiger charge is 2.34. The highest BCUT2D eigenvalue weighted by atomic mass is 79.9. The molecule has 0 atom stereocenters. The summed E-state index contributed by atoms with van der Waals surface area (Å²) in [5.74, 6) is 0.251. The molecule has 0 spiro atoms. The minimum absolute atomic E-state index is 0.0230. The molecule has 33 heavy (non-hydrogen) atoms. The molecule has 9 heteroatoms. The van der Waals surface area contributed by atoms with E-state index in [1.165, 1.54) is 17.0 Å². The van der Waals surface area contributed by atoms with E-state index in [0.717, 1.165) is 32.9 Å². The van der Waals surface area contributed by atoms with Gasteiger partial charge in [-0.2, -0.15) is 0 Å². The quantitative estimate of drug-likeness (QED) is 0.208. The fourth-order valence-corrected chi connectivity index (χ4v) is 4.24. The Morgan fingerprint density at radius 3 is 2.39 bits per heavy atom. The fourth-order valence-electron chi connectivity index (χ4n) is 3.13. The number of nitro groups is 1. The van der Waals surface area contributed by atoms with Crippen molar-refractivity contribution in [2.75, 3.05) is 0 Å². The van der Waals surface area contributed by atoms with Crippen molar-refractivity contribution in [3.05, 3.63) is 109 Å². The number of nitro benzene ring substituents is 1. The highest BCUT2D eigenvalue weighted by Crippen LogP contribution is 2.34. The molecule has 7 nitrogen and oxygen atoms in total. The number of carbonyl (C=O) groups is 2. The van der Waals surface area contributed by atoms with Gasteiger partial charge in [-0.3, -0.25) is 24.6 Å². The number of hydrogen-bond donors (Lipinski definition) is 0. The van der Waals surface area contributed by atoms with E-state index in [0.29, 0.717) is 10.7 Å². The van der Waals surface area contributed by atoms with Gasteiger partial charge in [0.15, 0.2) is 0 Å². The van der Waals surface area contributed by atoms with Gasteiger partial charge in [0.2, 0.25) is 0 Å². The maximum atomic E-state index is 12.8. The minimum atomic E-state index is -0.450. The van der Waals surface area contributed by atoms with E-state index in [9.17, 15) is 19.7 Å². The van der Waals surface area contributed by atoms with Gasteiger partial charge in [-0.05, 0) is 70.9 Å². The smallest absolute Gasteiger partial charge is 0.293 e. The van der Waals surface area contributed by atoms with E-state index in [1.807, 2.05) is 30.3 Å². The molecule has 3 aromatic carbocycles. The van der Waals surface area contributed by atoms with Crippen molar-refractivity contribution in [3.8, 4) is 5.75 Å². The average molecular weight is 525 g/mol. The zero-order valence-corrected chi connectivity index (χ0v) is 19.5. The summed E-state index contributed by atoms with van der Waals surface area (Å²) in [6.07, 6.45) is 1.67. The number of rotatable bonds is 7. The van der Waals surface area contributed by atoms with Gasteiger partial charge in [-0.15, -0.1) is 0 Å². The summed E-state index contributed by atoms with van der Waals surface area (Å²) >= 11 is 4.28. The molecule has 0 aromatic heterocycles. The van der Waals surface area contributed by atoms with Crippen molar-refractivity contribution >= 4 is 50.6 Å². The van der Waals surface area contributed by atoms with E-state index in [1.54, 1.807) is 36.4 Å². The number of thioether (sulfide) groups is 1. The van der Waals surface area contributed by atoms with E-state index in [4.69, 9.17) is 4.74 Å². The van der Waals surface area contributed by atoms with Crippen LogP contribution in [-0.2, 0) is 17.9 Å². The molecule has 1 saturated heterocycles. The third kappa shape index (κ3) is 5.68. The molecule has 0 unspecified atom stereocenters. The number of nitrogens with zero attached hydrogens (tertiary/aromatic N) is 2. The van der Waals surface area contributed by atoms with Crippen LogP contribution < -0.4 is 4.74 Å². The van der Waals surface area contributed by atoms with Crippen molar-refractivity contribution in [1.82, 2.24) is 4.90 Å². The Kier molecular flexibility index (Phi) is 6.90.